The first kappa shape index (κ1) is 10.5. The first-order valence-corrected chi connectivity index (χ1v) is 5.26. The first-order valence-electron chi connectivity index (χ1n) is 4.14. The van der Waals surface area contributed by atoms with Crippen molar-refractivity contribution in [1.29, 1.82) is 0 Å². The zero-order valence-electron chi connectivity index (χ0n) is 7.63. The molecule has 0 aliphatic carbocycles. The van der Waals surface area contributed by atoms with E-state index in [0.717, 1.165) is 23.2 Å². The van der Waals surface area contributed by atoms with Crippen molar-refractivity contribution in [3.8, 4) is 5.75 Å². The Morgan fingerprint density at radius 2 is 2.08 bits per heavy atom. The van der Waals surface area contributed by atoms with Crippen molar-refractivity contribution < 1.29 is 9.47 Å². The fourth-order valence-corrected chi connectivity index (χ4v) is 1.29. The summed E-state index contributed by atoms with van der Waals surface area (Å²) in [5.74, 6) is 0.886. The standard InChI is InChI=1S/C10H13BrO2/c1-12-10-5-3-2-4-9(10)8-13-7-6-11/h2-5H,6-8H2,1H3. The zero-order chi connectivity index (χ0) is 9.52. The lowest BCUT2D eigenvalue weighted by molar-refractivity contribution is 0.135. The van der Waals surface area contributed by atoms with Crippen LogP contribution in [-0.4, -0.2) is 19.0 Å². The van der Waals surface area contributed by atoms with E-state index in [1.54, 1.807) is 7.11 Å². The van der Waals surface area contributed by atoms with Gasteiger partial charge in [-0.1, -0.05) is 34.1 Å². The maximum atomic E-state index is 5.38. The number of methoxy groups -OCH3 is 1. The first-order chi connectivity index (χ1) is 6.38. The van der Waals surface area contributed by atoms with E-state index in [9.17, 15) is 0 Å². The monoisotopic (exact) mass is 244 g/mol. The molecule has 0 N–H and O–H groups in total. The van der Waals surface area contributed by atoms with Crippen LogP contribution in [0.5, 0.6) is 5.75 Å². The molecule has 0 aliphatic heterocycles. The van der Waals surface area contributed by atoms with Gasteiger partial charge in [-0.2, -0.15) is 0 Å². The topological polar surface area (TPSA) is 18.5 Å². The largest absolute Gasteiger partial charge is 0.496 e. The summed E-state index contributed by atoms with van der Waals surface area (Å²) in [6.45, 7) is 1.33. The van der Waals surface area contributed by atoms with Crippen LogP contribution < -0.4 is 4.74 Å². The molecular formula is C10H13BrO2. The van der Waals surface area contributed by atoms with Gasteiger partial charge in [-0.25, -0.2) is 0 Å². The van der Waals surface area contributed by atoms with Crippen LogP contribution in [0.1, 0.15) is 5.56 Å². The van der Waals surface area contributed by atoms with Crippen LogP contribution in [0.3, 0.4) is 0 Å². The summed E-state index contributed by atoms with van der Waals surface area (Å²) in [6.07, 6.45) is 0. The Balaban J connectivity index is 2.54. The highest BCUT2D eigenvalue weighted by molar-refractivity contribution is 9.09. The lowest BCUT2D eigenvalue weighted by Gasteiger charge is -2.07. The molecular weight excluding hydrogens is 232 g/mol. The molecule has 0 bridgehead atoms. The highest BCUT2D eigenvalue weighted by Crippen LogP contribution is 2.17. The number of rotatable bonds is 5. The van der Waals surface area contributed by atoms with Crippen molar-refractivity contribution in [2.24, 2.45) is 0 Å². The Labute approximate surface area is 87.0 Å². The third kappa shape index (κ3) is 3.36. The van der Waals surface area contributed by atoms with Gasteiger partial charge in [0, 0.05) is 10.9 Å². The van der Waals surface area contributed by atoms with Crippen LogP contribution in [0.15, 0.2) is 24.3 Å². The van der Waals surface area contributed by atoms with Gasteiger partial charge < -0.3 is 9.47 Å². The number of ether oxygens (including phenoxy) is 2. The molecule has 0 fully saturated rings. The van der Waals surface area contributed by atoms with Crippen molar-refractivity contribution in [1.82, 2.24) is 0 Å². The summed E-state index contributed by atoms with van der Waals surface area (Å²) in [6, 6.07) is 7.88. The molecule has 0 unspecified atom stereocenters. The maximum absolute atomic E-state index is 5.38. The van der Waals surface area contributed by atoms with E-state index in [1.165, 1.54) is 0 Å². The van der Waals surface area contributed by atoms with Crippen molar-refractivity contribution >= 4 is 15.9 Å². The molecule has 0 atom stereocenters. The van der Waals surface area contributed by atoms with E-state index in [-0.39, 0.29) is 0 Å². The SMILES string of the molecule is COc1ccccc1COCCBr. The highest BCUT2D eigenvalue weighted by Gasteiger charge is 2.00. The summed E-state index contributed by atoms with van der Waals surface area (Å²) < 4.78 is 10.6. The molecule has 72 valence electrons. The molecule has 0 saturated heterocycles. The molecule has 0 heterocycles. The van der Waals surface area contributed by atoms with Gasteiger partial charge >= 0.3 is 0 Å². The molecule has 0 spiro atoms. The zero-order valence-corrected chi connectivity index (χ0v) is 9.21. The molecule has 1 aromatic rings. The number of halogens is 1. The van der Waals surface area contributed by atoms with Crippen LogP contribution >= 0.6 is 15.9 Å². The smallest absolute Gasteiger partial charge is 0.124 e. The van der Waals surface area contributed by atoms with Crippen LogP contribution in [-0.2, 0) is 11.3 Å². The van der Waals surface area contributed by atoms with Gasteiger partial charge in [0.1, 0.15) is 5.75 Å². The normalized spacial score (nSPS) is 10.0. The van der Waals surface area contributed by atoms with Crippen molar-refractivity contribution in [2.45, 2.75) is 6.61 Å². The van der Waals surface area contributed by atoms with E-state index >= 15 is 0 Å². The van der Waals surface area contributed by atoms with Crippen LogP contribution in [0.2, 0.25) is 0 Å². The molecule has 2 nitrogen and oxygen atoms in total. The van der Waals surface area contributed by atoms with Crippen molar-refractivity contribution in [3.63, 3.8) is 0 Å². The predicted molar refractivity (Wildman–Crippen MR) is 56.4 cm³/mol. The Morgan fingerprint density at radius 1 is 1.31 bits per heavy atom. The number of benzene rings is 1. The summed E-state index contributed by atoms with van der Waals surface area (Å²) in [5, 5.41) is 0.863. The second-order valence-electron chi connectivity index (χ2n) is 2.55. The summed E-state index contributed by atoms with van der Waals surface area (Å²) in [4.78, 5) is 0. The maximum Gasteiger partial charge on any atom is 0.124 e. The van der Waals surface area contributed by atoms with Gasteiger partial charge in [0.05, 0.1) is 20.3 Å². The summed E-state index contributed by atoms with van der Waals surface area (Å²) in [5.41, 5.74) is 1.09. The lowest BCUT2D eigenvalue weighted by Crippen LogP contribution is -1.98. The molecule has 0 saturated carbocycles. The van der Waals surface area contributed by atoms with E-state index < -0.39 is 0 Å². The number of hydrogen-bond acceptors (Lipinski definition) is 2. The predicted octanol–water partition coefficient (Wildman–Crippen LogP) is 2.61. The van der Waals surface area contributed by atoms with Gasteiger partial charge in [0.25, 0.3) is 0 Å². The molecule has 0 radical (unpaired) electrons. The molecule has 3 heteroatoms. The second-order valence-corrected chi connectivity index (χ2v) is 3.35. The summed E-state index contributed by atoms with van der Waals surface area (Å²) in [7, 11) is 1.67. The molecule has 1 rings (SSSR count). The third-order valence-corrected chi connectivity index (χ3v) is 2.00. The molecule has 13 heavy (non-hydrogen) atoms. The van der Waals surface area contributed by atoms with Crippen LogP contribution in [0.25, 0.3) is 0 Å². The molecule has 0 aromatic heterocycles. The van der Waals surface area contributed by atoms with Gasteiger partial charge in [-0.05, 0) is 6.07 Å². The minimum absolute atomic E-state index is 0.607. The third-order valence-electron chi connectivity index (χ3n) is 1.67. The summed E-state index contributed by atoms with van der Waals surface area (Å²) >= 11 is 3.30. The van der Waals surface area contributed by atoms with Gasteiger partial charge in [-0.15, -0.1) is 0 Å². The molecule has 1 aromatic carbocycles. The lowest BCUT2D eigenvalue weighted by atomic mass is 10.2. The van der Waals surface area contributed by atoms with Crippen LogP contribution in [0, 0.1) is 0 Å². The Hall–Kier alpha value is -0.540. The molecule has 0 amide bonds. The van der Waals surface area contributed by atoms with E-state index in [0.29, 0.717) is 6.61 Å². The average molecular weight is 245 g/mol. The van der Waals surface area contributed by atoms with Gasteiger partial charge in [0.15, 0.2) is 0 Å². The van der Waals surface area contributed by atoms with E-state index in [2.05, 4.69) is 15.9 Å². The average Bonchev–Trinajstić information content (AvgIpc) is 2.19. The Morgan fingerprint density at radius 3 is 2.77 bits per heavy atom. The van der Waals surface area contributed by atoms with Crippen molar-refractivity contribution in [2.75, 3.05) is 19.0 Å². The Bertz CT molecular complexity index is 250. The van der Waals surface area contributed by atoms with E-state index in [4.69, 9.17) is 9.47 Å². The minimum Gasteiger partial charge on any atom is -0.496 e. The minimum atomic E-state index is 0.607. The van der Waals surface area contributed by atoms with Gasteiger partial charge in [0.2, 0.25) is 0 Å². The number of para-hydroxylation sites is 1. The second kappa shape index (κ2) is 6.00. The number of hydrogen-bond donors (Lipinski definition) is 0. The fraction of sp³-hybridized carbons (Fsp3) is 0.400. The molecule has 0 aliphatic rings. The fourth-order valence-electron chi connectivity index (χ4n) is 1.06. The van der Waals surface area contributed by atoms with Crippen LogP contribution in [0.4, 0.5) is 0 Å². The van der Waals surface area contributed by atoms with E-state index in [1.807, 2.05) is 24.3 Å². The Kier molecular flexibility index (Phi) is 4.86. The van der Waals surface area contributed by atoms with Crippen molar-refractivity contribution in [3.05, 3.63) is 29.8 Å². The highest BCUT2D eigenvalue weighted by atomic mass is 79.9. The quantitative estimate of drug-likeness (QED) is 0.586. The number of alkyl halides is 1. The van der Waals surface area contributed by atoms with Gasteiger partial charge in [-0.3, -0.25) is 0 Å².